The summed E-state index contributed by atoms with van der Waals surface area (Å²) >= 11 is 0. The summed E-state index contributed by atoms with van der Waals surface area (Å²) in [7, 11) is 0. The third-order valence-corrected chi connectivity index (χ3v) is 4.33. The van der Waals surface area contributed by atoms with Gasteiger partial charge in [-0.1, -0.05) is 55.5 Å². The number of rotatable bonds is 3. The van der Waals surface area contributed by atoms with Crippen LogP contribution >= 0.6 is 0 Å². The summed E-state index contributed by atoms with van der Waals surface area (Å²) in [4.78, 5) is 17.8. The number of aromatic nitrogens is 1. The molecule has 0 unspecified atom stereocenters. The Morgan fingerprint density at radius 2 is 1.60 bits per heavy atom. The average Bonchev–Trinajstić information content (AvgIpc) is 2.66. The highest BCUT2D eigenvalue weighted by Crippen LogP contribution is 2.30. The van der Waals surface area contributed by atoms with E-state index in [0.717, 1.165) is 33.8 Å². The van der Waals surface area contributed by atoms with Crippen LogP contribution in [0.1, 0.15) is 22.8 Å². The van der Waals surface area contributed by atoms with Gasteiger partial charge in [-0.3, -0.25) is 0 Å². The Morgan fingerprint density at radius 1 is 0.880 bits per heavy atom. The van der Waals surface area contributed by atoms with Gasteiger partial charge in [-0.15, -0.1) is 0 Å². The number of fused-ring (bicyclic) bond motifs is 2. The minimum atomic E-state index is -0.351. The minimum Gasteiger partial charge on any atom is -0.423 e. The second kappa shape index (κ2) is 6.36. The van der Waals surface area contributed by atoms with Crippen molar-refractivity contribution in [3.63, 3.8) is 0 Å². The molecule has 0 N–H and O–H groups in total. The highest BCUT2D eigenvalue weighted by Gasteiger charge is 2.19. The molecule has 0 spiro atoms. The molecular weight excluding hydrogens is 310 g/mol. The number of nitrogens with zero attached hydrogens (tertiary/aromatic N) is 1. The standard InChI is InChI=1S/C22H17NO2/c1-2-15-9-8-14-19-20(15)21(17-12-6-7-13-18(17)23-19)22(24)25-16-10-4-3-5-11-16/h3-14H,2H2,1H3. The summed E-state index contributed by atoms with van der Waals surface area (Å²) in [6.45, 7) is 2.08. The summed E-state index contributed by atoms with van der Waals surface area (Å²) < 4.78 is 5.65. The van der Waals surface area contributed by atoms with Gasteiger partial charge in [-0.05, 0) is 36.2 Å². The number of esters is 1. The molecule has 0 saturated heterocycles. The first kappa shape index (κ1) is 15.3. The van der Waals surface area contributed by atoms with Crippen LogP contribution < -0.4 is 4.74 Å². The lowest BCUT2D eigenvalue weighted by molar-refractivity contribution is 0.0738. The normalized spacial score (nSPS) is 10.9. The fraction of sp³-hybridized carbons (Fsp3) is 0.0909. The van der Waals surface area contributed by atoms with E-state index < -0.39 is 0 Å². The van der Waals surface area contributed by atoms with Crippen LogP contribution in [-0.4, -0.2) is 11.0 Å². The number of benzene rings is 3. The molecule has 122 valence electrons. The van der Waals surface area contributed by atoms with E-state index in [1.807, 2.05) is 60.7 Å². The van der Waals surface area contributed by atoms with Gasteiger partial charge in [0.15, 0.2) is 0 Å². The molecule has 0 bridgehead atoms. The molecule has 4 rings (SSSR count). The maximum atomic E-state index is 13.1. The van der Waals surface area contributed by atoms with Crippen molar-refractivity contribution in [2.75, 3.05) is 0 Å². The molecule has 0 radical (unpaired) electrons. The van der Waals surface area contributed by atoms with Crippen LogP contribution in [0.15, 0.2) is 72.8 Å². The number of hydrogen-bond acceptors (Lipinski definition) is 3. The van der Waals surface area contributed by atoms with E-state index in [4.69, 9.17) is 9.72 Å². The van der Waals surface area contributed by atoms with Crippen molar-refractivity contribution in [1.29, 1.82) is 0 Å². The molecule has 25 heavy (non-hydrogen) atoms. The lowest BCUT2D eigenvalue weighted by Crippen LogP contribution is -2.11. The number of carbonyl (C=O) groups is 1. The lowest BCUT2D eigenvalue weighted by atomic mass is 9.97. The fourth-order valence-electron chi connectivity index (χ4n) is 3.17. The first-order valence-corrected chi connectivity index (χ1v) is 8.35. The van der Waals surface area contributed by atoms with Crippen molar-refractivity contribution in [1.82, 2.24) is 4.98 Å². The molecule has 0 atom stereocenters. The van der Waals surface area contributed by atoms with Crippen molar-refractivity contribution >= 4 is 27.8 Å². The van der Waals surface area contributed by atoms with E-state index in [1.54, 1.807) is 12.1 Å². The predicted molar refractivity (Wildman–Crippen MR) is 100 cm³/mol. The van der Waals surface area contributed by atoms with Crippen LogP contribution in [0.2, 0.25) is 0 Å². The summed E-state index contributed by atoms with van der Waals surface area (Å²) in [6, 6.07) is 22.8. The number of carbonyl (C=O) groups excluding carboxylic acids is 1. The molecule has 0 aliphatic rings. The zero-order chi connectivity index (χ0) is 17.2. The Morgan fingerprint density at radius 3 is 2.40 bits per heavy atom. The molecule has 1 aromatic heterocycles. The zero-order valence-electron chi connectivity index (χ0n) is 13.9. The van der Waals surface area contributed by atoms with Crippen molar-refractivity contribution in [3.8, 4) is 5.75 Å². The fourth-order valence-corrected chi connectivity index (χ4v) is 3.17. The first-order valence-electron chi connectivity index (χ1n) is 8.35. The Labute approximate surface area is 145 Å². The Bertz CT molecular complexity index is 1070. The van der Waals surface area contributed by atoms with Crippen LogP contribution in [0, 0.1) is 0 Å². The van der Waals surface area contributed by atoms with Gasteiger partial charge in [0.25, 0.3) is 0 Å². The van der Waals surface area contributed by atoms with Gasteiger partial charge in [0.2, 0.25) is 0 Å². The summed E-state index contributed by atoms with van der Waals surface area (Å²) in [5.41, 5.74) is 3.29. The van der Waals surface area contributed by atoms with Crippen LogP contribution in [0.5, 0.6) is 5.75 Å². The topological polar surface area (TPSA) is 39.2 Å². The number of aryl methyl sites for hydroxylation is 1. The van der Waals surface area contributed by atoms with Gasteiger partial charge < -0.3 is 4.74 Å². The molecule has 0 amide bonds. The van der Waals surface area contributed by atoms with E-state index in [-0.39, 0.29) is 5.97 Å². The molecule has 3 aromatic carbocycles. The largest absolute Gasteiger partial charge is 0.423 e. The van der Waals surface area contributed by atoms with Gasteiger partial charge in [-0.2, -0.15) is 0 Å². The van der Waals surface area contributed by atoms with Gasteiger partial charge >= 0.3 is 5.97 Å². The Kier molecular flexibility index (Phi) is 3.90. The van der Waals surface area contributed by atoms with E-state index in [1.165, 1.54) is 0 Å². The second-order valence-electron chi connectivity index (χ2n) is 5.87. The van der Waals surface area contributed by atoms with Crippen molar-refractivity contribution in [3.05, 3.63) is 83.9 Å². The maximum Gasteiger partial charge on any atom is 0.344 e. The molecule has 0 aliphatic carbocycles. The third-order valence-electron chi connectivity index (χ3n) is 4.33. The molecule has 0 fully saturated rings. The Hall–Kier alpha value is -3.20. The lowest BCUT2D eigenvalue weighted by Gasteiger charge is -2.13. The number of para-hydroxylation sites is 2. The van der Waals surface area contributed by atoms with E-state index in [2.05, 4.69) is 6.92 Å². The quantitative estimate of drug-likeness (QED) is 0.296. The van der Waals surface area contributed by atoms with Crippen LogP contribution in [0.4, 0.5) is 0 Å². The monoisotopic (exact) mass is 327 g/mol. The number of pyridine rings is 1. The maximum absolute atomic E-state index is 13.1. The van der Waals surface area contributed by atoms with E-state index >= 15 is 0 Å². The van der Waals surface area contributed by atoms with Crippen LogP contribution in [0.25, 0.3) is 21.8 Å². The molecule has 0 aliphatic heterocycles. The smallest absolute Gasteiger partial charge is 0.344 e. The first-order chi connectivity index (χ1) is 12.3. The molecule has 3 heteroatoms. The molecule has 1 heterocycles. The van der Waals surface area contributed by atoms with Crippen LogP contribution in [-0.2, 0) is 6.42 Å². The van der Waals surface area contributed by atoms with E-state index in [9.17, 15) is 4.79 Å². The summed E-state index contributed by atoms with van der Waals surface area (Å²) in [5.74, 6) is 0.186. The highest BCUT2D eigenvalue weighted by molar-refractivity contribution is 6.15. The zero-order valence-corrected chi connectivity index (χ0v) is 13.9. The Balaban J connectivity index is 1.99. The van der Waals surface area contributed by atoms with Gasteiger partial charge in [0.1, 0.15) is 5.75 Å². The van der Waals surface area contributed by atoms with Gasteiger partial charge in [-0.25, -0.2) is 9.78 Å². The second-order valence-corrected chi connectivity index (χ2v) is 5.87. The van der Waals surface area contributed by atoms with Gasteiger partial charge in [0.05, 0.1) is 16.6 Å². The number of hydrogen-bond donors (Lipinski definition) is 0. The number of ether oxygens (including phenoxy) is 1. The SMILES string of the molecule is CCc1cccc2nc3ccccc3c(C(=O)Oc3ccccc3)c12. The van der Waals surface area contributed by atoms with Crippen molar-refractivity contribution in [2.45, 2.75) is 13.3 Å². The van der Waals surface area contributed by atoms with Gasteiger partial charge in [0, 0.05) is 10.8 Å². The molecule has 3 nitrogen and oxygen atoms in total. The van der Waals surface area contributed by atoms with Crippen molar-refractivity contribution in [2.24, 2.45) is 0 Å². The third kappa shape index (κ3) is 2.74. The molecule has 0 saturated carbocycles. The summed E-state index contributed by atoms with van der Waals surface area (Å²) in [5, 5.41) is 1.70. The summed E-state index contributed by atoms with van der Waals surface area (Å²) in [6.07, 6.45) is 0.822. The average molecular weight is 327 g/mol. The molecular formula is C22H17NO2. The van der Waals surface area contributed by atoms with E-state index in [0.29, 0.717) is 11.3 Å². The minimum absolute atomic E-state index is 0.351. The highest BCUT2D eigenvalue weighted by atomic mass is 16.5. The molecule has 4 aromatic rings. The van der Waals surface area contributed by atoms with Crippen LogP contribution in [0.3, 0.4) is 0 Å². The van der Waals surface area contributed by atoms with Crippen molar-refractivity contribution < 1.29 is 9.53 Å². The predicted octanol–water partition coefficient (Wildman–Crippen LogP) is 5.17.